The van der Waals surface area contributed by atoms with Gasteiger partial charge in [-0.05, 0) is 30.3 Å². The molecule has 0 spiro atoms. The van der Waals surface area contributed by atoms with Crippen LogP contribution in [-0.4, -0.2) is 26.0 Å². The van der Waals surface area contributed by atoms with Crippen molar-refractivity contribution in [3.8, 4) is 17.2 Å². The van der Waals surface area contributed by atoms with Crippen LogP contribution in [0.2, 0.25) is 0 Å². The second-order valence-electron chi connectivity index (χ2n) is 6.72. The first-order valence-corrected chi connectivity index (χ1v) is 8.98. The molecule has 0 N–H and O–H groups in total. The molecule has 30 heavy (non-hydrogen) atoms. The summed E-state index contributed by atoms with van der Waals surface area (Å²) in [5, 5.41) is 0.641. The van der Waals surface area contributed by atoms with Crippen molar-refractivity contribution in [2.75, 3.05) is 14.2 Å². The molecule has 3 heterocycles. The quantitative estimate of drug-likeness (QED) is 0.221. The van der Waals surface area contributed by atoms with Gasteiger partial charge in [-0.15, -0.1) is 0 Å². The Morgan fingerprint density at radius 1 is 0.833 bits per heavy atom. The molecule has 1 unspecified atom stereocenters. The zero-order valence-corrected chi connectivity index (χ0v) is 15.9. The fourth-order valence-corrected chi connectivity index (χ4v) is 3.55. The van der Waals surface area contributed by atoms with E-state index in [1.54, 1.807) is 24.3 Å². The van der Waals surface area contributed by atoms with Crippen molar-refractivity contribution in [2.45, 2.75) is 5.92 Å². The minimum Gasteiger partial charge on any atom is -0.497 e. The summed E-state index contributed by atoms with van der Waals surface area (Å²) in [5.41, 5.74) is 0.0627. The predicted molar refractivity (Wildman–Crippen MR) is 105 cm³/mol. The Kier molecular flexibility index (Phi) is 3.89. The number of ketones is 1. The molecule has 150 valence electrons. The Morgan fingerprint density at radius 2 is 1.57 bits per heavy atom. The lowest BCUT2D eigenvalue weighted by molar-refractivity contribution is -0.135. The summed E-state index contributed by atoms with van der Waals surface area (Å²) in [5.74, 6) is -1.52. The number of carbonyl (C=O) groups is 2. The van der Waals surface area contributed by atoms with Crippen LogP contribution in [0.3, 0.4) is 0 Å². The second-order valence-corrected chi connectivity index (χ2v) is 6.72. The number of hydrogen-bond acceptors (Lipinski definition) is 8. The van der Waals surface area contributed by atoms with Crippen LogP contribution in [-0.2, 0) is 4.79 Å². The van der Waals surface area contributed by atoms with Gasteiger partial charge in [0.15, 0.2) is 17.3 Å². The van der Waals surface area contributed by atoms with Gasteiger partial charge in [-0.2, -0.15) is 0 Å². The summed E-state index contributed by atoms with van der Waals surface area (Å²) in [4.78, 5) is 38.1. The van der Waals surface area contributed by atoms with Gasteiger partial charge in [-0.3, -0.25) is 9.59 Å². The maximum absolute atomic E-state index is 13.0. The molecule has 0 fully saturated rings. The third-order valence-electron chi connectivity index (χ3n) is 5.05. The number of furan rings is 1. The number of methoxy groups -OCH3 is 2. The van der Waals surface area contributed by atoms with Gasteiger partial charge < -0.3 is 23.0 Å². The van der Waals surface area contributed by atoms with E-state index in [0.717, 1.165) is 0 Å². The zero-order valence-electron chi connectivity index (χ0n) is 15.9. The van der Waals surface area contributed by atoms with E-state index in [-0.39, 0.29) is 33.6 Å². The molecule has 1 aliphatic rings. The van der Waals surface area contributed by atoms with E-state index in [2.05, 4.69) is 0 Å². The largest absolute Gasteiger partial charge is 0.497 e. The molecule has 8 nitrogen and oxygen atoms in total. The molecule has 5 rings (SSSR count). The van der Waals surface area contributed by atoms with Gasteiger partial charge in [-0.1, -0.05) is 0 Å². The van der Waals surface area contributed by atoms with Crippen molar-refractivity contribution < 1.29 is 32.6 Å². The molecule has 2 aromatic carbocycles. The van der Waals surface area contributed by atoms with E-state index in [4.69, 9.17) is 23.0 Å². The highest BCUT2D eigenvalue weighted by molar-refractivity contribution is 6.17. The van der Waals surface area contributed by atoms with Gasteiger partial charge in [0.05, 0.1) is 25.2 Å². The Morgan fingerprint density at radius 3 is 2.33 bits per heavy atom. The van der Waals surface area contributed by atoms with E-state index in [0.29, 0.717) is 16.9 Å². The summed E-state index contributed by atoms with van der Waals surface area (Å²) < 4.78 is 26.8. The van der Waals surface area contributed by atoms with Crippen LogP contribution in [0.4, 0.5) is 0 Å². The molecule has 0 aliphatic carbocycles. The fourth-order valence-electron chi connectivity index (χ4n) is 3.55. The molecule has 8 heteroatoms. The first kappa shape index (κ1) is 18.0. The standard InChI is InChI=1S/C22H14O8/c1-26-10-3-5-12-15(7-10)30-22(25)18(19(12)23)17-9-14-20(28-17)13-6-4-11(27-2)8-16(13)29-21(14)24/h3-9,18H,1-2H3. The molecule has 1 aliphatic heterocycles. The Bertz CT molecular complexity index is 1410. The molecule has 1 atom stereocenters. The molecule has 0 bridgehead atoms. The summed E-state index contributed by atoms with van der Waals surface area (Å²) in [6.07, 6.45) is 0. The topological polar surface area (TPSA) is 105 Å². The Balaban J connectivity index is 1.66. The summed E-state index contributed by atoms with van der Waals surface area (Å²) in [7, 11) is 2.97. The van der Waals surface area contributed by atoms with Crippen molar-refractivity contribution in [3.05, 3.63) is 64.2 Å². The monoisotopic (exact) mass is 406 g/mol. The van der Waals surface area contributed by atoms with Gasteiger partial charge in [-0.25, -0.2) is 4.79 Å². The molecule has 4 aromatic rings. The lowest BCUT2D eigenvalue weighted by atomic mass is 9.92. The highest BCUT2D eigenvalue weighted by atomic mass is 16.5. The smallest absolute Gasteiger partial charge is 0.347 e. The molecular formula is C22H14O8. The highest BCUT2D eigenvalue weighted by Crippen LogP contribution is 2.38. The number of fused-ring (bicyclic) bond motifs is 4. The van der Waals surface area contributed by atoms with Crippen LogP contribution < -0.4 is 19.8 Å². The second kappa shape index (κ2) is 6.48. The van der Waals surface area contributed by atoms with Gasteiger partial charge in [0, 0.05) is 12.1 Å². The third-order valence-corrected chi connectivity index (χ3v) is 5.05. The Hall–Kier alpha value is -4.07. The maximum Gasteiger partial charge on any atom is 0.347 e. The predicted octanol–water partition coefficient (Wildman–Crippen LogP) is 3.44. The van der Waals surface area contributed by atoms with E-state index in [1.165, 1.54) is 32.4 Å². The molecular weight excluding hydrogens is 392 g/mol. The van der Waals surface area contributed by atoms with E-state index < -0.39 is 23.3 Å². The zero-order chi connectivity index (χ0) is 21.0. The van der Waals surface area contributed by atoms with Gasteiger partial charge >= 0.3 is 11.6 Å². The minimum absolute atomic E-state index is 0.0112. The van der Waals surface area contributed by atoms with Crippen LogP contribution in [0.25, 0.3) is 21.9 Å². The SMILES string of the molecule is COc1ccc2c(c1)OC(=O)C(c1cc3c(=O)oc4cc(OC)ccc4c3o1)C2=O. The third kappa shape index (κ3) is 2.57. The summed E-state index contributed by atoms with van der Waals surface area (Å²) in [6.45, 7) is 0. The van der Waals surface area contributed by atoms with Crippen molar-refractivity contribution in [2.24, 2.45) is 0 Å². The van der Waals surface area contributed by atoms with Crippen LogP contribution in [0.15, 0.2) is 56.1 Å². The molecule has 0 amide bonds. The number of hydrogen-bond donors (Lipinski definition) is 0. The molecule has 0 radical (unpaired) electrons. The number of Topliss-reactive ketones (excluding diaryl/α,β-unsaturated/α-hetero) is 1. The van der Waals surface area contributed by atoms with Gasteiger partial charge in [0.2, 0.25) is 0 Å². The van der Waals surface area contributed by atoms with E-state index in [1.807, 2.05) is 0 Å². The number of carbonyl (C=O) groups excluding carboxylic acids is 2. The summed E-state index contributed by atoms with van der Waals surface area (Å²) in [6, 6.07) is 10.9. The van der Waals surface area contributed by atoms with E-state index in [9.17, 15) is 14.4 Å². The molecule has 0 saturated heterocycles. The lowest BCUT2D eigenvalue weighted by Crippen LogP contribution is -2.31. The number of ether oxygens (including phenoxy) is 3. The van der Waals surface area contributed by atoms with Crippen LogP contribution in [0.1, 0.15) is 22.0 Å². The number of esters is 1. The molecule has 2 aromatic heterocycles. The number of benzene rings is 2. The van der Waals surface area contributed by atoms with Crippen LogP contribution in [0.5, 0.6) is 17.2 Å². The average molecular weight is 406 g/mol. The van der Waals surface area contributed by atoms with Gasteiger partial charge in [0.1, 0.15) is 34.0 Å². The van der Waals surface area contributed by atoms with Crippen LogP contribution in [0, 0.1) is 0 Å². The van der Waals surface area contributed by atoms with Crippen molar-refractivity contribution >= 4 is 33.7 Å². The summed E-state index contributed by atoms with van der Waals surface area (Å²) >= 11 is 0. The Labute approximate surface area is 168 Å². The van der Waals surface area contributed by atoms with Crippen LogP contribution >= 0.6 is 0 Å². The van der Waals surface area contributed by atoms with Crippen molar-refractivity contribution in [1.82, 2.24) is 0 Å². The van der Waals surface area contributed by atoms with Crippen molar-refractivity contribution in [1.29, 1.82) is 0 Å². The molecule has 0 saturated carbocycles. The van der Waals surface area contributed by atoms with Gasteiger partial charge in [0.25, 0.3) is 0 Å². The first-order chi connectivity index (χ1) is 14.5. The average Bonchev–Trinajstić information content (AvgIpc) is 3.18. The maximum atomic E-state index is 13.0. The number of rotatable bonds is 3. The lowest BCUT2D eigenvalue weighted by Gasteiger charge is -2.21. The normalized spacial score (nSPS) is 15.9. The highest BCUT2D eigenvalue weighted by Gasteiger charge is 2.40. The minimum atomic E-state index is -1.33. The van der Waals surface area contributed by atoms with E-state index >= 15 is 0 Å². The van der Waals surface area contributed by atoms with Crippen molar-refractivity contribution in [3.63, 3.8) is 0 Å². The first-order valence-electron chi connectivity index (χ1n) is 8.98. The fraction of sp³-hybridized carbons (Fsp3) is 0.136.